The average molecular weight is 1190 g/mol. The van der Waals surface area contributed by atoms with Crippen LogP contribution in [0.2, 0.25) is 0 Å². The van der Waals surface area contributed by atoms with Crippen LogP contribution in [0.5, 0.6) is 0 Å². The summed E-state index contributed by atoms with van der Waals surface area (Å²) < 4.78 is 16.6. The van der Waals surface area contributed by atoms with Crippen LogP contribution in [-0.4, -0.2) is 70.1 Å². The summed E-state index contributed by atoms with van der Waals surface area (Å²) in [5.41, 5.74) is 52.2. The molecule has 12 N–H and O–H groups in total. The van der Waals surface area contributed by atoms with E-state index in [9.17, 15) is 13.8 Å². The van der Waals surface area contributed by atoms with Crippen LogP contribution >= 0.6 is 0 Å². The largest absolute Gasteiger partial charge is 0.397 e. The minimum absolute atomic E-state index is 0.0358. The molecule has 0 saturated heterocycles. The Bertz CT molecular complexity index is 4470. The van der Waals surface area contributed by atoms with Crippen LogP contribution in [0, 0.1) is 13.8 Å². The fourth-order valence-electron chi connectivity index (χ4n) is 8.71. The minimum Gasteiger partial charge on any atom is -0.397 e. The molecule has 0 radical (unpaired) electrons. The van der Waals surface area contributed by atoms with Crippen LogP contribution in [0.1, 0.15) is 11.4 Å². The number of aryl methyl sites for hydroxylation is 4. The highest BCUT2D eigenvalue weighted by molar-refractivity contribution is 7.99. The van der Waals surface area contributed by atoms with Crippen LogP contribution in [0.3, 0.4) is 0 Å². The second kappa shape index (κ2) is 30.3. The Morgan fingerprint density at radius 1 is 0.398 bits per heavy atom. The maximum Gasteiger partial charge on any atom is 0.250 e. The standard InChI is InChI=1S/C13H14N2OS.2C11H11N3O.C11H11N3.C11H10N2.C10H12N4/c1-17(2,16)11-5-3-10(4-6-11)12-7-8-15-9-13(12)14;1-14-7-8(2-3-11(14)15)9-4-5-13-6-10(9)12;1-14-10(3-2-4-11(14)15)8-5-6-13-7-9(8)12;1-8-9(3-2-5-14-8)10-4-6-13-7-11(10)12;12-11-8-13-7-6-10(11)9-4-2-1-3-5-9;1-7-9(6-14(2)13-7)8-3-4-12-5-10(8)11/h3-9H,1,14H2,2H3;2*2-7H,12H2,1H3;2-7H,12H2,1H3;1-8H,12H2;3-6H,11H2,1-2H3. The first-order valence-corrected chi connectivity index (χ1v) is 29.3. The first-order valence-electron chi connectivity index (χ1n) is 27.1. The second-order valence-corrected chi connectivity index (χ2v) is 22.3. The number of pyridine rings is 9. The van der Waals surface area contributed by atoms with Gasteiger partial charge in [-0.3, -0.25) is 53.4 Å². The summed E-state index contributed by atoms with van der Waals surface area (Å²) >= 11 is 0. The number of nitrogens with zero attached hydrogens (tertiary/aromatic N) is 11. The molecular formula is C67H69N17O3S. The Morgan fingerprint density at radius 2 is 0.830 bits per heavy atom. The molecule has 10 heterocycles. The van der Waals surface area contributed by atoms with Gasteiger partial charge < -0.3 is 43.5 Å². The minimum atomic E-state index is -2.16. The van der Waals surface area contributed by atoms with Crippen LogP contribution < -0.4 is 45.5 Å². The van der Waals surface area contributed by atoms with Crippen molar-refractivity contribution in [3.63, 3.8) is 0 Å². The third kappa shape index (κ3) is 17.3. The number of aromatic nitrogens is 11. The van der Waals surface area contributed by atoms with Crippen LogP contribution in [0.25, 0.3) is 66.9 Å². The van der Waals surface area contributed by atoms with E-state index >= 15 is 0 Å². The Labute approximate surface area is 511 Å². The van der Waals surface area contributed by atoms with Gasteiger partial charge in [0.25, 0.3) is 5.56 Å². The molecule has 1 atom stereocenters. The summed E-state index contributed by atoms with van der Waals surface area (Å²) in [6, 6.07) is 41.0. The third-order valence-corrected chi connectivity index (χ3v) is 14.6. The molecule has 88 heavy (non-hydrogen) atoms. The normalized spacial score (nSPS) is 10.9. The number of anilines is 6. The molecule has 0 spiro atoms. The van der Waals surface area contributed by atoms with E-state index in [-0.39, 0.29) is 11.1 Å². The first-order chi connectivity index (χ1) is 42.2. The SMILES string of the molecule is C=S(C)(=O)c1ccc(-c2ccncc2N)cc1.Cc1ncccc1-c1ccncc1N.Cc1nn(C)cc1-c1ccncc1N.Cn1c(-c2ccncc2N)cccc1=O.Cn1cc(-c2ccncc2N)ccc1=O.Nc1cnccc1-c1ccccc1. The van der Waals surface area contributed by atoms with E-state index in [4.69, 9.17) is 34.4 Å². The molecule has 12 aromatic rings. The molecule has 0 amide bonds. The van der Waals surface area contributed by atoms with E-state index in [1.165, 1.54) is 16.7 Å². The van der Waals surface area contributed by atoms with Crippen molar-refractivity contribution in [3.05, 3.63) is 259 Å². The van der Waals surface area contributed by atoms with Gasteiger partial charge in [-0.05, 0) is 107 Å². The predicted molar refractivity (Wildman–Crippen MR) is 358 cm³/mol. The predicted octanol–water partition coefficient (Wildman–Crippen LogP) is 9.83. The topological polar surface area (TPSA) is 325 Å². The summed E-state index contributed by atoms with van der Waals surface area (Å²) in [5, 5.41) is 4.27. The molecule has 0 aliphatic carbocycles. The Balaban J connectivity index is 0.000000151. The molecule has 446 valence electrons. The van der Waals surface area contributed by atoms with E-state index in [1.807, 2.05) is 130 Å². The van der Waals surface area contributed by atoms with Crippen molar-refractivity contribution in [1.29, 1.82) is 0 Å². The van der Waals surface area contributed by atoms with E-state index in [2.05, 4.69) is 45.9 Å². The maximum atomic E-state index is 11.8. The lowest BCUT2D eigenvalue weighted by Gasteiger charge is -2.09. The van der Waals surface area contributed by atoms with Crippen LogP contribution in [0.15, 0.2) is 241 Å². The van der Waals surface area contributed by atoms with Crippen molar-refractivity contribution in [2.75, 3.05) is 40.7 Å². The summed E-state index contributed by atoms with van der Waals surface area (Å²) in [5.74, 6) is 3.65. The summed E-state index contributed by atoms with van der Waals surface area (Å²) in [6.07, 6.45) is 27.1. The van der Waals surface area contributed by atoms with Gasteiger partial charge in [0, 0.05) is 156 Å². The number of benzene rings is 2. The van der Waals surface area contributed by atoms with E-state index in [0.717, 1.165) is 83.2 Å². The van der Waals surface area contributed by atoms with Gasteiger partial charge in [0.1, 0.15) is 0 Å². The molecule has 0 aliphatic rings. The first kappa shape index (κ1) is 64.0. The van der Waals surface area contributed by atoms with Gasteiger partial charge in [0.05, 0.1) is 82.7 Å². The number of rotatable bonds is 7. The monoisotopic (exact) mass is 1190 g/mol. The smallest absolute Gasteiger partial charge is 0.250 e. The molecular weight excluding hydrogens is 1120 g/mol. The fourth-order valence-corrected chi connectivity index (χ4v) is 9.42. The quantitative estimate of drug-likeness (QED) is 0.0808. The van der Waals surface area contributed by atoms with Crippen molar-refractivity contribution in [2.45, 2.75) is 18.7 Å². The van der Waals surface area contributed by atoms with Crippen molar-refractivity contribution in [2.24, 2.45) is 21.1 Å². The second-order valence-electron chi connectivity index (χ2n) is 19.8. The molecule has 0 saturated carbocycles. The zero-order valence-corrected chi connectivity index (χ0v) is 50.4. The zero-order valence-electron chi connectivity index (χ0n) is 49.6. The lowest BCUT2D eigenvalue weighted by atomic mass is 10.0. The molecule has 21 heteroatoms. The summed E-state index contributed by atoms with van der Waals surface area (Å²) in [7, 11) is 3.17. The third-order valence-electron chi connectivity index (χ3n) is 13.3. The van der Waals surface area contributed by atoms with Crippen molar-refractivity contribution in [3.8, 4) is 66.9 Å². The molecule has 1 unspecified atom stereocenters. The Hall–Kier alpha value is -11.6. The highest BCUT2D eigenvalue weighted by atomic mass is 32.2. The number of nitrogen functional groups attached to an aromatic ring is 6. The average Bonchev–Trinajstić information content (AvgIpc) is 3.58. The number of nitrogens with two attached hydrogens (primary N) is 6. The Morgan fingerprint density at radius 3 is 1.26 bits per heavy atom. The van der Waals surface area contributed by atoms with E-state index < -0.39 is 9.52 Å². The molecule has 20 nitrogen and oxygen atoms in total. The molecule has 10 aromatic heterocycles. The van der Waals surface area contributed by atoms with Gasteiger partial charge in [0.2, 0.25) is 5.56 Å². The molecule has 0 fully saturated rings. The molecule has 0 aliphatic heterocycles. The van der Waals surface area contributed by atoms with Crippen molar-refractivity contribution in [1.82, 2.24) is 53.8 Å². The fraction of sp³-hybridized carbons (Fsp3) is 0.0896. The van der Waals surface area contributed by atoms with Crippen molar-refractivity contribution >= 4 is 49.5 Å². The highest BCUT2D eigenvalue weighted by Crippen LogP contribution is 2.30. The summed E-state index contributed by atoms with van der Waals surface area (Å²) in [4.78, 5) is 51.2. The van der Waals surface area contributed by atoms with E-state index in [0.29, 0.717) is 34.1 Å². The van der Waals surface area contributed by atoms with Gasteiger partial charge in [0.15, 0.2) is 0 Å². The molecule has 12 rings (SSSR count). The van der Waals surface area contributed by atoms with Crippen LogP contribution in [0.4, 0.5) is 34.1 Å². The number of hydrogen-bond acceptors (Lipinski definition) is 17. The molecule has 2 aromatic carbocycles. The van der Waals surface area contributed by atoms with Gasteiger partial charge in [-0.15, -0.1) is 0 Å². The number of hydrogen-bond donors (Lipinski definition) is 6. The van der Waals surface area contributed by atoms with E-state index in [1.54, 1.807) is 135 Å². The van der Waals surface area contributed by atoms with Gasteiger partial charge in [-0.25, -0.2) is 0 Å². The lowest BCUT2D eigenvalue weighted by molar-refractivity contribution is 0.685. The van der Waals surface area contributed by atoms with Gasteiger partial charge in [-0.1, -0.05) is 54.6 Å². The summed E-state index contributed by atoms with van der Waals surface area (Å²) in [6.45, 7) is 3.93. The molecule has 0 bridgehead atoms. The maximum absolute atomic E-state index is 11.8. The van der Waals surface area contributed by atoms with Crippen molar-refractivity contribution < 1.29 is 4.21 Å². The Kier molecular flexibility index (Phi) is 22.0. The highest BCUT2D eigenvalue weighted by Gasteiger charge is 2.11. The lowest BCUT2D eigenvalue weighted by Crippen LogP contribution is -2.16. The van der Waals surface area contributed by atoms with Gasteiger partial charge in [-0.2, -0.15) is 5.10 Å². The van der Waals surface area contributed by atoms with Crippen LogP contribution in [-0.2, 0) is 30.7 Å². The van der Waals surface area contributed by atoms with Gasteiger partial charge >= 0.3 is 0 Å². The zero-order chi connectivity index (χ0) is 63.3.